The molecule has 2 aromatic rings. The van der Waals surface area contributed by atoms with E-state index in [1.165, 1.54) is 0 Å². The van der Waals surface area contributed by atoms with Gasteiger partial charge in [0.25, 0.3) is 0 Å². The van der Waals surface area contributed by atoms with Crippen molar-refractivity contribution in [3.63, 3.8) is 0 Å². The third kappa shape index (κ3) is 4.00. The molecule has 5 nitrogen and oxygen atoms in total. The van der Waals surface area contributed by atoms with Gasteiger partial charge in [0.1, 0.15) is 12.1 Å². The Morgan fingerprint density at radius 2 is 2.33 bits per heavy atom. The molecule has 0 aliphatic carbocycles. The van der Waals surface area contributed by atoms with Crippen LogP contribution in [0.4, 0.5) is 0 Å². The summed E-state index contributed by atoms with van der Waals surface area (Å²) in [4.78, 5) is 4.20. The third-order valence-electron chi connectivity index (χ3n) is 2.89. The Labute approximate surface area is 107 Å². The van der Waals surface area contributed by atoms with Crippen molar-refractivity contribution in [2.24, 2.45) is 7.05 Å². The lowest BCUT2D eigenvalue weighted by Crippen LogP contribution is -2.28. The highest BCUT2D eigenvalue weighted by Gasteiger charge is 2.04. The zero-order valence-electron chi connectivity index (χ0n) is 11.0. The van der Waals surface area contributed by atoms with Gasteiger partial charge in [-0.05, 0) is 25.5 Å². The number of aryl methyl sites for hydroxylation is 2. The molecule has 1 atom stereocenters. The van der Waals surface area contributed by atoms with Gasteiger partial charge in [-0.2, -0.15) is 5.10 Å². The molecule has 18 heavy (non-hydrogen) atoms. The van der Waals surface area contributed by atoms with Crippen LogP contribution in [-0.2, 0) is 19.9 Å². The van der Waals surface area contributed by atoms with Crippen molar-refractivity contribution in [1.82, 2.24) is 20.1 Å². The van der Waals surface area contributed by atoms with Crippen LogP contribution in [0, 0.1) is 0 Å². The average molecular weight is 248 g/mol. The van der Waals surface area contributed by atoms with Crippen molar-refractivity contribution < 1.29 is 4.42 Å². The largest absolute Gasteiger partial charge is 0.469 e. The molecule has 0 bridgehead atoms. The molecule has 0 aromatic carbocycles. The second-order valence-corrected chi connectivity index (χ2v) is 4.56. The van der Waals surface area contributed by atoms with E-state index >= 15 is 0 Å². The molecule has 0 aliphatic heterocycles. The lowest BCUT2D eigenvalue weighted by molar-refractivity contribution is 0.460. The Morgan fingerprint density at radius 3 is 3.00 bits per heavy atom. The smallest absolute Gasteiger partial charge is 0.151 e. The van der Waals surface area contributed by atoms with Crippen molar-refractivity contribution in [3.05, 3.63) is 36.3 Å². The zero-order chi connectivity index (χ0) is 12.8. The van der Waals surface area contributed by atoms with Crippen molar-refractivity contribution in [2.75, 3.05) is 6.54 Å². The molecule has 1 N–H and O–H groups in total. The van der Waals surface area contributed by atoms with Gasteiger partial charge in [0.2, 0.25) is 0 Å². The third-order valence-corrected chi connectivity index (χ3v) is 2.89. The summed E-state index contributed by atoms with van der Waals surface area (Å²) in [7, 11) is 1.88. The van der Waals surface area contributed by atoms with E-state index in [2.05, 4.69) is 22.3 Å². The minimum Gasteiger partial charge on any atom is -0.469 e. The molecule has 1 unspecified atom stereocenters. The topological polar surface area (TPSA) is 55.9 Å². The van der Waals surface area contributed by atoms with Gasteiger partial charge in [-0.15, -0.1) is 0 Å². The van der Waals surface area contributed by atoms with Crippen LogP contribution < -0.4 is 5.32 Å². The maximum absolute atomic E-state index is 5.31. The summed E-state index contributed by atoms with van der Waals surface area (Å²) in [6.45, 7) is 3.10. The molecule has 0 radical (unpaired) electrons. The van der Waals surface area contributed by atoms with Gasteiger partial charge >= 0.3 is 0 Å². The molecule has 98 valence electrons. The number of rotatable bonds is 7. The molecular weight excluding hydrogens is 228 g/mol. The fourth-order valence-electron chi connectivity index (χ4n) is 1.84. The Morgan fingerprint density at radius 1 is 1.44 bits per heavy atom. The van der Waals surface area contributed by atoms with E-state index in [1.54, 1.807) is 17.3 Å². The lowest BCUT2D eigenvalue weighted by Gasteiger charge is -2.11. The van der Waals surface area contributed by atoms with Crippen LogP contribution in [0.2, 0.25) is 0 Å². The van der Waals surface area contributed by atoms with E-state index in [0.29, 0.717) is 6.04 Å². The van der Waals surface area contributed by atoms with E-state index in [1.807, 2.05) is 19.2 Å². The monoisotopic (exact) mass is 248 g/mol. The first-order valence-electron chi connectivity index (χ1n) is 6.34. The van der Waals surface area contributed by atoms with Gasteiger partial charge in [0.15, 0.2) is 5.82 Å². The summed E-state index contributed by atoms with van der Waals surface area (Å²) in [5.74, 6) is 1.94. The fraction of sp³-hybridized carbons (Fsp3) is 0.538. The highest BCUT2D eigenvalue weighted by Crippen LogP contribution is 2.05. The van der Waals surface area contributed by atoms with Gasteiger partial charge in [-0.25, -0.2) is 4.98 Å². The first-order valence-corrected chi connectivity index (χ1v) is 6.34. The molecule has 5 heteroatoms. The highest BCUT2D eigenvalue weighted by atomic mass is 16.3. The summed E-state index contributed by atoms with van der Waals surface area (Å²) in [5.41, 5.74) is 0. The standard InChI is InChI=1S/C13H20N4O/c1-11(5-6-12-4-3-9-18-12)14-8-7-13-15-10-17(2)16-13/h3-4,9-11,14H,5-8H2,1-2H3. The Balaban J connectivity index is 1.61. The summed E-state index contributed by atoms with van der Waals surface area (Å²) < 4.78 is 7.04. The normalized spacial score (nSPS) is 12.8. The van der Waals surface area contributed by atoms with Crippen molar-refractivity contribution in [2.45, 2.75) is 32.2 Å². The SMILES string of the molecule is CC(CCc1ccco1)NCCc1ncn(C)n1. The minimum atomic E-state index is 0.471. The molecule has 0 saturated carbocycles. The molecule has 2 aromatic heterocycles. The van der Waals surface area contributed by atoms with Crippen LogP contribution >= 0.6 is 0 Å². The first kappa shape index (κ1) is 12.8. The first-order chi connectivity index (χ1) is 8.74. The Kier molecular flexibility index (Phi) is 4.52. The second-order valence-electron chi connectivity index (χ2n) is 4.56. The quantitative estimate of drug-likeness (QED) is 0.808. The second kappa shape index (κ2) is 6.35. The van der Waals surface area contributed by atoms with Gasteiger partial charge < -0.3 is 9.73 Å². The van der Waals surface area contributed by atoms with Crippen LogP contribution in [0.3, 0.4) is 0 Å². The number of nitrogens with zero attached hydrogens (tertiary/aromatic N) is 3. The highest BCUT2D eigenvalue weighted by molar-refractivity contribution is 4.98. The van der Waals surface area contributed by atoms with Gasteiger partial charge in [-0.1, -0.05) is 0 Å². The molecule has 0 amide bonds. The Bertz CT molecular complexity index is 449. The van der Waals surface area contributed by atoms with Crippen LogP contribution in [0.15, 0.2) is 29.1 Å². The molecule has 2 heterocycles. The number of hydrogen-bond donors (Lipinski definition) is 1. The predicted octanol–water partition coefficient (Wildman–Crippen LogP) is 1.56. The summed E-state index contributed by atoms with van der Waals surface area (Å²) in [6, 6.07) is 4.42. The van der Waals surface area contributed by atoms with Gasteiger partial charge in [-0.3, -0.25) is 4.68 Å². The van der Waals surface area contributed by atoms with E-state index < -0.39 is 0 Å². The predicted molar refractivity (Wildman–Crippen MR) is 69.2 cm³/mol. The van der Waals surface area contributed by atoms with Crippen LogP contribution in [-0.4, -0.2) is 27.4 Å². The zero-order valence-corrected chi connectivity index (χ0v) is 11.0. The van der Waals surface area contributed by atoms with Crippen LogP contribution in [0.5, 0.6) is 0 Å². The summed E-state index contributed by atoms with van der Waals surface area (Å²) >= 11 is 0. The maximum atomic E-state index is 5.31. The van der Waals surface area contributed by atoms with E-state index in [4.69, 9.17) is 4.42 Å². The van der Waals surface area contributed by atoms with Crippen LogP contribution in [0.1, 0.15) is 24.9 Å². The maximum Gasteiger partial charge on any atom is 0.151 e. The number of hydrogen-bond acceptors (Lipinski definition) is 4. The number of aromatic nitrogens is 3. The van der Waals surface area contributed by atoms with Crippen molar-refractivity contribution in [3.8, 4) is 0 Å². The molecule has 0 saturated heterocycles. The molecule has 0 fully saturated rings. The Hall–Kier alpha value is -1.62. The summed E-state index contributed by atoms with van der Waals surface area (Å²) in [5, 5.41) is 7.72. The molecule has 0 aliphatic rings. The van der Waals surface area contributed by atoms with Gasteiger partial charge in [0, 0.05) is 32.5 Å². The molecule has 0 spiro atoms. The molecule has 2 rings (SSSR count). The summed E-state index contributed by atoms with van der Waals surface area (Å²) in [6.07, 6.45) is 6.37. The fourth-order valence-corrected chi connectivity index (χ4v) is 1.84. The number of furan rings is 1. The average Bonchev–Trinajstić information content (AvgIpc) is 2.98. The van der Waals surface area contributed by atoms with E-state index in [-0.39, 0.29) is 0 Å². The van der Waals surface area contributed by atoms with E-state index in [9.17, 15) is 0 Å². The lowest BCUT2D eigenvalue weighted by atomic mass is 10.1. The van der Waals surface area contributed by atoms with E-state index in [0.717, 1.165) is 37.4 Å². The van der Waals surface area contributed by atoms with Gasteiger partial charge in [0.05, 0.1) is 6.26 Å². The van der Waals surface area contributed by atoms with Crippen molar-refractivity contribution in [1.29, 1.82) is 0 Å². The minimum absolute atomic E-state index is 0.471. The number of nitrogens with one attached hydrogen (secondary N) is 1. The van der Waals surface area contributed by atoms with Crippen molar-refractivity contribution >= 4 is 0 Å². The van der Waals surface area contributed by atoms with Crippen LogP contribution in [0.25, 0.3) is 0 Å². The molecular formula is C13H20N4O.